The second-order valence-corrected chi connectivity index (χ2v) is 19.9. The minimum Gasteiger partial charge on any atom is -0.462 e. The van der Waals surface area contributed by atoms with Crippen LogP contribution in [0.1, 0.15) is 290 Å². The number of unbranched alkanes of at least 4 members (excludes halogenated alkanes) is 30. The molecule has 5 heteroatoms. The van der Waals surface area contributed by atoms with Crippen molar-refractivity contribution in [3.63, 3.8) is 0 Å². The van der Waals surface area contributed by atoms with E-state index in [0.29, 0.717) is 19.4 Å². The van der Waals surface area contributed by atoms with Crippen LogP contribution in [0.2, 0.25) is 0 Å². The average molecular weight is 976 g/mol. The van der Waals surface area contributed by atoms with Gasteiger partial charge in [-0.1, -0.05) is 247 Å². The van der Waals surface area contributed by atoms with E-state index in [0.717, 1.165) is 89.9 Å². The Hall–Kier alpha value is -2.92. The van der Waals surface area contributed by atoms with Crippen LogP contribution in [0.25, 0.3) is 0 Å². The molecule has 0 fully saturated rings. The number of carbonyl (C=O) groups is 2. The molecule has 404 valence electrons. The van der Waals surface area contributed by atoms with Gasteiger partial charge in [-0.15, -0.1) is 0 Å². The van der Waals surface area contributed by atoms with Gasteiger partial charge in [0.15, 0.2) is 6.10 Å². The third-order valence-corrected chi connectivity index (χ3v) is 12.9. The largest absolute Gasteiger partial charge is 0.462 e. The highest BCUT2D eigenvalue weighted by atomic mass is 16.6. The second-order valence-electron chi connectivity index (χ2n) is 19.9. The molecule has 5 nitrogen and oxygen atoms in total. The molecule has 0 amide bonds. The molecule has 0 radical (unpaired) electrons. The molecule has 0 N–H and O–H groups in total. The number of allylic oxidation sites excluding steroid dienone is 14. The Labute approximate surface area is 435 Å². The van der Waals surface area contributed by atoms with Gasteiger partial charge >= 0.3 is 11.9 Å². The van der Waals surface area contributed by atoms with E-state index < -0.39 is 6.10 Å². The van der Waals surface area contributed by atoms with Gasteiger partial charge in [-0.3, -0.25) is 9.59 Å². The molecule has 0 aliphatic rings. The van der Waals surface area contributed by atoms with Gasteiger partial charge in [0.2, 0.25) is 0 Å². The van der Waals surface area contributed by atoms with E-state index in [9.17, 15) is 9.59 Å². The van der Waals surface area contributed by atoms with E-state index in [1.165, 1.54) is 167 Å². The van der Waals surface area contributed by atoms with Crippen LogP contribution in [0.3, 0.4) is 0 Å². The zero-order chi connectivity index (χ0) is 50.6. The molecule has 0 aliphatic heterocycles. The summed E-state index contributed by atoms with van der Waals surface area (Å²) in [6, 6.07) is 0. The lowest BCUT2D eigenvalue weighted by Gasteiger charge is -2.18. The standard InChI is InChI=1S/C65H114O5/c1-4-7-10-13-16-19-22-25-28-31-33-35-37-40-43-46-49-52-55-58-64(66)69-62-63(61-68-60-57-54-51-48-45-42-39-30-27-24-21-18-15-12-9-6-3)70-65(67)59-56-53-50-47-44-41-38-36-34-32-29-26-23-20-17-14-11-8-5-2/h7,10,16,19,25-30,33,35,40,43,63H,4-6,8-9,11-15,17-18,20-24,31-32,34,36-39,41-42,44-62H2,1-3H3/b10-7-,19-16-,28-25-,29-26-,30-27-,35-33-,43-40-. The van der Waals surface area contributed by atoms with Gasteiger partial charge in [0.25, 0.3) is 0 Å². The molecule has 0 saturated heterocycles. The first-order valence-corrected chi connectivity index (χ1v) is 30.1. The summed E-state index contributed by atoms with van der Waals surface area (Å²) in [6.07, 6.45) is 80.4. The van der Waals surface area contributed by atoms with E-state index in [1.54, 1.807) is 0 Å². The Kier molecular flexibility index (Phi) is 57.9. The smallest absolute Gasteiger partial charge is 0.306 e. The van der Waals surface area contributed by atoms with Crippen LogP contribution in [-0.4, -0.2) is 37.9 Å². The topological polar surface area (TPSA) is 61.8 Å². The summed E-state index contributed by atoms with van der Waals surface area (Å²) in [5.74, 6) is -0.433. The number of esters is 2. The minimum absolute atomic E-state index is 0.0630. The Morgan fingerprint density at radius 1 is 0.329 bits per heavy atom. The highest BCUT2D eigenvalue weighted by Gasteiger charge is 2.17. The van der Waals surface area contributed by atoms with E-state index in [-0.39, 0.29) is 25.2 Å². The number of hydrogen-bond donors (Lipinski definition) is 0. The van der Waals surface area contributed by atoms with Gasteiger partial charge in [-0.2, -0.15) is 0 Å². The first-order valence-electron chi connectivity index (χ1n) is 30.1. The fraction of sp³-hybridized carbons (Fsp3) is 0.754. The molecule has 1 atom stereocenters. The van der Waals surface area contributed by atoms with E-state index in [2.05, 4.69) is 106 Å². The van der Waals surface area contributed by atoms with Crippen LogP contribution in [0.5, 0.6) is 0 Å². The van der Waals surface area contributed by atoms with Crippen LogP contribution in [0.15, 0.2) is 85.1 Å². The van der Waals surface area contributed by atoms with Crippen LogP contribution >= 0.6 is 0 Å². The maximum absolute atomic E-state index is 12.9. The third-order valence-electron chi connectivity index (χ3n) is 12.9. The molecule has 0 aromatic carbocycles. The highest BCUT2D eigenvalue weighted by Crippen LogP contribution is 2.15. The summed E-state index contributed by atoms with van der Waals surface area (Å²) in [4.78, 5) is 25.6. The van der Waals surface area contributed by atoms with E-state index in [1.807, 2.05) is 0 Å². The van der Waals surface area contributed by atoms with Crippen molar-refractivity contribution in [2.45, 2.75) is 297 Å². The summed E-state index contributed by atoms with van der Waals surface area (Å²) in [5.41, 5.74) is 0. The molecule has 0 aromatic heterocycles. The maximum Gasteiger partial charge on any atom is 0.306 e. The zero-order valence-corrected chi connectivity index (χ0v) is 46.5. The van der Waals surface area contributed by atoms with Crippen LogP contribution in [0, 0.1) is 0 Å². The Bertz CT molecular complexity index is 1290. The fourth-order valence-electron chi connectivity index (χ4n) is 8.41. The molecule has 70 heavy (non-hydrogen) atoms. The lowest BCUT2D eigenvalue weighted by Crippen LogP contribution is -2.30. The van der Waals surface area contributed by atoms with Crippen LogP contribution < -0.4 is 0 Å². The van der Waals surface area contributed by atoms with Crippen molar-refractivity contribution in [2.75, 3.05) is 19.8 Å². The first-order chi connectivity index (χ1) is 34.6. The van der Waals surface area contributed by atoms with Crippen LogP contribution in [0.4, 0.5) is 0 Å². The zero-order valence-electron chi connectivity index (χ0n) is 46.5. The van der Waals surface area contributed by atoms with Crippen LogP contribution in [-0.2, 0) is 23.8 Å². The summed E-state index contributed by atoms with van der Waals surface area (Å²) in [7, 11) is 0. The molecule has 0 rings (SSSR count). The molecule has 0 aliphatic carbocycles. The van der Waals surface area contributed by atoms with Gasteiger partial charge in [-0.25, -0.2) is 0 Å². The molecular formula is C65H114O5. The predicted octanol–water partition coefficient (Wildman–Crippen LogP) is 20.8. The van der Waals surface area contributed by atoms with E-state index >= 15 is 0 Å². The van der Waals surface area contributed by atoms with Crippen molar-refractivity contribution in [2.24, 2.45) is 0 Å². The molecule has 0 spiro atoms. The summed E-state index contributed by atoms with van der Waals surface area (Å²) in [5, 5.41) is 0. The SMILES string of the molecule is CC/C=C\C/C=C\C/C=C\C/C=C\C/C=C\CCCCCC(=O)OCC(COCCCCCCCC/C=C\CCCCCCCC)OC(=O)CCCCCCCCCCC/C=C\CCCCCCCC. The van der Waals surface area contributed by atoms with Crippen molar-refractivity contribution >= 4 is 11.9 Å². The Morgan fingerprint density at radius 2 is 0.643 bits per heavy atom. The number of carbonyl (C=O) groups excluding carboxylic acids is 2. The van der Waals surface area contributed by atoms with Gasteiger partial charge in [0.05, 0.1) is 6.61 Å². The second kappa shape index (κ2) is 60.4. The Morgan fingerprint density at radius 3 is 1.06 bits per heavy atom. The van der Waals surface area contributed by atoms with Gasteiger partial charge in [0.1, 0.15) is 6.61 Å². The number of ether oxygens (including phenoxy) is 3. The van der Waals surface area contributed by atoms with Crippen molar-refractivity contribution in [3.05, 3.63) is 85.1 Å². The molecule has 0 saturated carbocycles. The fourth-order valence-corrected chi connectivity index (χ4v) is 8.41. The Balaban J connectivity index is 4.34. The molecular weight excluding hydrogens is 861 g/mol. The lowest BCUT2D eigenvalue weighted by atomic mass is 10.1. The molecule has 1 unspecified atom stereocenters. The summed E-state index contributed by atoms with van der Waals surface area (Å²) < 4.78 is 17.5. The maximum atomic E-state index is 12.9. The monoisotopic (exact) mass is 975 g/mol. The first kappa shape index (κ1) is 67.1. The quantitative estimate of drug-likeness (QED) is 0.0345. The predicted molar refractivity (Wildman–Crippen MR) is 307 cm³/mol. The summed E-state index contributed by atoms with van der Waals surface area (Å²) >= 11 is 0. The normalized spacial score (nSPS) is 12.8. The van der Waals surface area contributed by atoms with Crippen molar-refractivity contribution in [1.29, 1.82) is 0 Å². The van der Waals surface area contributed by atoms with Crippen molar-refractivity contribution in [3.8, 4) is 0 Å². The summed E-state index contributed by atoms with van der Waals surface area (Å²) in [6.45, 7) is 7.69. The number of rotatable bonds is 55. The highest BCUT2D eigenvalue weighted by molar-refractivity contribution is 5.70. The molecule has 0 heterocycles. The lowest BCUT2D eigenvalue weighted by molar-refractivity contribution is -0.163. The molecule has 0 aromatic rings. The van der Waals surface area contributed by atoms with Gasteiger partial charge < -0.3 is 14.2 Å². The van der Waals surface area contributed by atoms with E-state index in [4.69, 9.17) is 14.2 Å². The van der Waals surface area contributed by atoms with Crippen molar-refractivity contribution < 1.29 is 23.8 Å². The number of hydrogen-bond acceptors (Lipinski definition) is 5. The average Bonchev–Trinajstić information content (AvgIpc) is 3.36. The van der Waals surface area contributed by atoms with Gasteiger partial charge in [-0.05, 0) is 116 Å². The van der Waals surface area contributed by atoms with Crippen molar-refractivity contribution in [1.82, 2.24) is 0 Å². The minimum atomic E-state index is -0.559. The molecule has 0 bridgehead atoms. The third kappa shape index (κ3) is 57.7. The van der Waals surface area contributed by atoms with Gasteiger partial charge in [0, 0.05) is 19.4 Å².